The second-order valence-electron chi connectivity index (χ2n) is 11.9. The predicted octanol–water partition coefficient (Wildman–Crippen LogP) is -0.845. The van der Waals surface area contributed by atoms with Gasteiger partial charge in [0.2, 0.25) is 11.7 Å². The van der Waals surface area contributed by atoms with Crippen LogP contribution in [0.4, 0.5) is 5.69 Å². The van der Waals surface area contributed by atoms with E-state index in [9.17, 15) is 44.7 Å². The van der Waals surface area contributed by atoms with Crippen molar-refractivity contribution in [3.8, 4) is 5.75 Å². The SMILES string of the molecule is CC1c2ccc(NC(=O)CN3CCOCC3C)c(O)c2C(O)=C2C(=O)[C@]3(O)C(O)=C(C(N)=O)C(=O)[C@@H](N(C)C)C3C(O)C21. The highest BCUT2D eigenvalue weighted by Gasteiger charge is 2.68. The molecule has 0 bridgehead atoms. The number of carbonyl (C=O) groups is 4. The zero-order chi connectivity index (χ0) is 31.7. The Hall–Kier alpha value is -3.82. The Balaban J connectivity index is 1.60. The smallest absolute Gasteiger partial charge is 0.255 e. The van der Waals surface area contributed by atoms with Crippen LogP contribution in [0.1, 0.15) is 30.9 Å². The van der Waals surface area contributed by atoms with Crippen LogP contribution in [0.5, 0.6) is 5.75 Å². The van der Waals surface area contributed by atoms with E-state index < -0.39 is 87.3 Å². The van der Waals surface area contributed by atoms with Crippen molar-refractivity contribution < 1.29 is 49.4 Å². The number of fused-ring (bicyclic) bond motifs is 3. The monoisotopic (exact) mass is 600 g/mol. The first-order chi connectivity index (χ1) is 20.1. The number of morpholine rings is 1. The Morgan fingerprint density at radius 2 is 1.86 bits per heavy atom. The molecule has 2 amide bonds. The van der Waals surface area contributed by atoms with E-state index in [1.165, 1.54) is 31.1 Å². The summed E-state index contributed by atoms with van der Waals surface area (Å²) < 4.78 is 5.39. The number of ether oxygens (including phenoxy) is 1. The van der Waals surface area contributed by atoms with Crippen LogP contribution in [0.15, 0.2) is 29.0 Å². The van der Waals surface area contributed by atoms with Gasteiger partial charge in [-0.25, -0.2) is 0 Å². The summed E-state index contributed by atoms with van der Waals surface area (Å²) in [6.07, 6.45) is -1.69. The van der Waals surface area contributed by atoms with Crippen molar-refractivity contribution in [3.05, 3.63) is 40.2 Å². The number of hydrogen-bond donors (Lipinski definition) is 7. The Morgan fingerprint density at radius 3 is 2.47 bits per heavy atom. The van der Waals surface area contributed by atoms with Crippen LogP contribution in [-0.4, -0.2) is 123 Å². The molecule has 1 aliphatic heterocycles. The van der Waals surface area contributed by atoms with Gasteiger partial charge in [-0.3, -0.25) is 29.0 Å². The number of anilines is 1. The largest absolute Gasteiger partial charge is 0.508 e. The quantitative estimate of drug-likeness (QED) is 0.162. The number of ketones is 2. The fraction of sp³-hybridized carbons (Fsp3) is 0.517. The molecule has 0 spiro atoms. The van der Waals surface area contributed by atoms with Gasteiger partial charge < -0.3 is 41.3 Å². The molecule has 232 valence electrons. The van der Waals surface area contributed by atoms with Crippen LogP contribution >= 0.6 is 0 Å². The summed E-state index contributed by atoms with van der Waals surface area (Å²) >= 11 is 0. The summed E-state index contributed by atoms with van der Waals surface area (Å²) in [5.41, 5.74) is 0.942. The van der Waals surface area contributed by atoms with Gasteiger partial charge in [-0.2, -0.15) is 0 Å². The summed E-state index contributed by atoms with van der Waals surface area (Å²) in [7, 11) is 2.88. The number of primary amides is 1. The third-order valence-corrected chi connectivity index (χ3v) is 9.26. The van der Waals surface area contributed by atoms with Crippen LogP contribution in [-0.2, 0) is 23.9 Å². The first-order valence-electron chi connectivity index (χ1n) is 13.9. The second kappa shape index (κ2) is 10.7. The number of Topliss-reactive ketones (excluding diaryl/α,β-unsaturated/α-hetero) is 2. The second-order valence-corrected chi connectivity index (χ2v) is 11.9. The minimum atomic E-state index is -3.00. The van der Waals surface area contributed by atoms with Gasteiger partial charge in [0.15, 0.2) is 11.4 Å². The predicted molar refractivity (Wildman–Crippen MR) is 151 cm³/mol. The lowest BCUT2D eigenvalue weighted by atomic mass is 9.54. The molecule has 7 atom stereocenters. The van der Waals surface area contributed by atoms with Gasteiger partial charge in [0.05, 0.1) is 49.1 Å². The van der Waals surface area contributed by atoms with Gasteiger partial charge in [-0.15, -0.1) is 0 Å². The van der Waals surface area contributed by atoms with E-state index in [0.717, 1.165) is 0 Å². The highest BCUT2D eigenvalue weighted by Crippen LogP contribution is 2.56. The maximum absolute atomic E-state index is 14.1. The maximum Gasteiger partial charge on any atom is 0.255 e. The molecule has 14 nitrogen and oxygen atoms in total. The van der Waals surface area contributed by atoms with Crippen LogP contribution in [0.2, 0.25) is 0 Å². The number of aliphatic hydroxyl groups excluding tert-OH is 3. The molecule has 8 N–H and O–H groups in total. The first kappa shape index (κ1) is 30.6. The van der Waals surface area contributed by atoms with E-state index in [4.69, 9.17) is 10.5 Å². The van der Waals surface area contributed by atoms with Gasteiger partial charge in [0.1, 0.15) is 22.8 Å². The number of rotatable bonds is 5. The molecule has 1 saturated carbocycles. The number of nitrogens with one attached hydrogen (secondary N) is 1. The van der Waals surface area contributed by atoms with Crippen LogP contribution < -0.4 is 11.1 Å². The number of benzene rings is 1. The number of nitrogens with zero attached hydrogens (tertiary/aromatic N) is 2. The summed E-state index contributed by atoms with van der Waals surface area (Å²) in [4.78, 5) is 55.6. The number of hydrogen-bond acceptors (Lipinski definition) is 12. The lowest BCUT2D eigenvalue weighted by molar-refractivity contribution is -0.169. The highest BCUT2D eigenvalue weighted by molar-refractivity contribution is 6.24. The molecule has 1 saturated heterocycles. The van der Waals surface area contributed by atoms with E-state index in [0.29, 0.717) is 25.3 Å². The molecule has 4 aliphatic rings. The molecule has 5 unspecified atom stereocenters. The minimum absolute atomic E-state index is 0.00396. The number of likely N-dealkylation sites (N-methyl/N-ethyl adjacent to an activating group) is 1. The Morgan fingerprint density at radius 1 is 1.19 bits per heavy atom. The number of carbonyl (C=O) groups excluding carboxylic acids is 4. The lowest BCUT2D eigenvalue weighted by Gasteiger charge is -2.53. The summed E-state index contributed by atoms with van der Waals surface area (Å²) in [6.45, 7) is 5.06. The Bertz CT molecular complexity index is 1490. The summed E-state index contributed by atoms with van der Waals surface area (Å²) in [5.74, 6) is -10.2. The van der Waals surface area contributed by atoms with E-state index in [1.807, 2.05) is 11.8 Å². The molecule has 1 aromatic carbocycles. The van der Waals surface area contributed by atoms with E-state index in [1.54, 1.807) is 6.92 Å². The lowest BCUT2D eigenvalue weighted by Crippen LogP contribution is -2.70. The summed E-state index contributed by atoms with van der Waals surface area (Å²) in [5, 5.41) is 59.8. The third-order valence-electron chi connectivity index (χ3n) is 9.26. The first-order valence-corrected chi connectivity index (χ1v) is 13.9. The van der Waals surface area contributed by atoms with Gasteiger partial charge >= 0.3 is 0 Å². The van der Waals surface area contributed by atoms with Crippen molar-refractivity contribution in [1.29, 1.82) is 0 Å². The molecule has 0 aromatic heterocycles. The standard InChI is InChI=1S/C29H36N4O10/c1-11-10-43-8-7-33(11)9-15(34)31-14-6-5-13-12(2)16-18(23(36)17(13)22(14)35)26(39)29(42)20(24(16)37)21(32(3)4)25(38)19(27(29)40)28(30)41/h5-6,11-12,16,20-21,24,35-37,40,42H,7-10H2,1-4H3,(H2,30,41)(H,31,34)/t11?,12?,16?,20?,21-,24?,29-/m0/s1. The molecular formula is C29H36N4O10. The maximum atomic E-state index is 14.1. The zero-order valence-electron chi connectivity index (χ0n) is 24.2. The van der Waals surface area contributed by atoms with Crippen LogP contribution in [0.3, 0.4) is 0 Å². The number of phenolic OH excluding ortho intramolecular Hbond substituents is 1. The topological polar surface area (TPSA) is 223 Å². The Labute approximate surface area is 247 Å². The Kier molecular flexibility index (Phi) is 7.63. The fourth-order valence-electron chi connectivity index (χ4n) is 7.09. The normalized spacial score (nSPS) is 32.8. The molecule has 5 rings (SSSR count). The molecule has 0 radical (unpaired) electrons. The molecule has 43 heavy (non-hydrogen) atoms. The van der Waals surface area contributed by atoms with E-state index in [2.05, 4.69) is 5.32 Å². The number of aromatic hydroxyl groups is 1. The third kappa shape index (κ3) is 4.43. The van der Waals surface area contributed by atoms with Crippen molar-refractivity contribution in [2.45, 2.75) is 43.6 Å². The van der Waals surface area contributed by atoms with Crippen LogP contribution in [0, 0.1) is 11.8 Å². The van der Waals surface area contributed by atoms with Crippen molar-refractivity contribution in [2.75, 3.05) is 45.7 Å². The molecule has 2 fully saturated rings. The van der Waals surface area contributed by atoms with Gasteiger partial charge in [0, 0.05) is 24.1 Å². The fourth-order valence-corrected chi connectivity index (χ4v) is 7.09. The minimum Gasteiger partial charge on any atom is -0.508 e. The van der Waals surface area contributed by atoms with Crippen molar-refractivity contribution in [2.24, 2.45) is 17.6 Å². The number of amides is 2. The van der Waals surface area contributed by atoms with E-state index in [-0.39, 0.29) is 23.8 Å². The van der Waals surface area contributed by atoms with Crippen molar-refractivity contribution in [3.63, 3.8) is 0 Å². The molecular weight excluding hydrogens is 564 g/mol. The molecule has 1 aromatic rings. The number of nitrogens with two attached hydrogens (primary N) is 1. The van der Waals surface area contributed by atoms with Crippen molar-refractivity contribution >= 4 is 34.8 Å². The number of aliphatic hydroxyl groups is 4. The molecule has 3 aliphatic carbocycles. The average molecular weight is 601 g/mol. The highest BCUT2D eigenvalue weighted by atomic mass is 16.5. The summed E-state index contributed by atoms with van der Waals surface area (Å²) in [6, 6.07) is 1.55. The molecule has 14 heteroatoms. The van der Waals surface area contributed by atoms with Crippen molar-refractivity contribution in [1.82, 2.24) is 9.80 Å². The average Bonchev–Trinajstić information content (AvgIpc) is 2.93. The van der Waals surface area contributed by atoms with Crippen LogP contribution in [0.25, 0.3) is 5.76 Å². The zero-order valence-corrected chi connectivity index (χ0v) is 24.2. The van der Waals surface area contributed by atoms with Gasteiger partial charge in [-0.05, 0) is 38.6 Å². The molecule has 1 heterocycles. The van der Waals surface area contributed by atoms with Gasteiger partial charge in [-0.1, -0.05) is 13.0 Å². The van der Waals surface area contributed by atoms with E-state index >= 15 is 0 Å². The van der Waals surface area contributed by atoms with Gasteiger partial charge in [0.25, 0.3) is 5.91 Å². The number of phenols is 1.